The molecule has 2 aromatic rings. The molecule has 0 fully saturated rings. The van der Waals surface area contributed by atoms with Crippen molar-refractivity contribution in [3.63, 3.8) is 0 Å². The van der Waals surface area contributed by atoms with Gasteiger partial charge in [0.25, 0.3) is 17.5 Å². The van der Waals surface area contributed by atoms with Crippen LogP contribution in [0.15, 0.2) is 42.5 Å². The summed E-state index contributed by atoms with van der Waals surface area (Å²) in [6, 6.07) is 9.04. The minimum Gasteiger partial charge on any atom is -0.321 e. The lowest BCUT2D eigenvalue weighted by Crippen LogP contribution is -2.19. The second-order valence-corrected chi connectivity index (χ2v) is 4.80. The zero-order valence-electron chi connectivity index (χ0n) is 11.4. The molecule has 0 bridgehead atoms. The maximum Gasteiger partial charge on any atom is 0.274 e. The number of halogens is 1. The average molecular weight is 336 g/mol. The van der Waals surface area contributed by atoms with Crippen LogP contribution in [0.3, 0.4) is 0 Å². The highest BCUT2D eigenvalue weighted by molar-refractivity contribution is 6.34. The molecule has 0 spiro atoms. The van der Waals surface area contributed by atoms with Gasteiger partial charge >= 0.3 is 0 Å². The molecule has 0 aliphatic heterocycles. The fraction of sp³-hybridized carbons (Fsp3) is 0. The fourth-order valence-electron chi connectivity index (χ4n) is 1.76. The van der Waals surface area contributed by atoms with E-state index in [0.717, 1.165) is 0 Å². The van der Waals surface area contributed by atoms with E-state index in [1.54, 1.807) is 0 Å². The van der Waals surface area contributed by atoms with E-state index in [4.69, 9.17) is 16.8 Å². The van der Waals surface area contributed by atoms with Crippen LogP contribution in [0.4, 0.5) is 11.4 Å². The van der Waals surface area contributed by atoms with Crippen molar-refractivity contribution in [2.75, 3.05) is 5.32 Å². The van der Waals surface area contributed by atoms with E-state index in [1.807, 2.05) is 0 Å². The van der Waals surface area contributed by atoms with Crippen molar-refractivity contribution in [3.05, 3.63) is 68.7 Å². The predicted molar refractivity (Wildman–Crippen MR) is 81.8 cm³/mol. The maximum absolute atomic E-state index is 12.1. The molecule has 0 aliphatic carbocycles. The third-order valence-corrected chi connectivity index (χ3v) is 3.25. The fourth-order valence-corrected chi connectivity index (χ4v) is 1.92. The second kappa shape index (κ2) is 6.86. The summed E-state index contributed by atoms with van der Waals surface area (Å²) in [7, 11) is 0. The van der Waals surface area contributed by atoms with Gasteiger partial charge in [0.1, 0.15) is 0 Å². The average Bonchev–Trinajstić information content (AvgIpc) is 2.56. The van der Waals surface area contributed by atoms with Gasteiger partial charge < -0.3 is 5.32 Å². The predicted octanol–water partition coefficient (Wildman–Crippen LogP) is 2.62. The number of hydroxylamine groups is 1. The SMILES string of the molecule is O=C(NO)c1ccc(Cl)c(NC(=O)c2ccc([N+](=O)[O-])cc2)c1. The highest BCUT2D eigenvalue weighted by Gasteiger charge is 2.13. The van der Waals surface area contributed by atoms with Gasteiger partial charge in [0, 0.05) is 23.3 Å². The van der Waals surface area contributed by atoms with Gasteiger partial charge in [0.15, 0.2) is 0 Å². The summed E-state index contributed by atoms with van der Waals surface area (Å²) in [4.78, 5) is 33.5. The Balaban J connectivity index is 2.22. The molecule has 0 aromatic heterocycles. The third kappa shape index (κ3) is 3.82. The van der Waals surface area contributed by atoms with Gasteiger partial charge in [-0.1, -0.05) is 11.6 Å². The Morgan fingerprint density at radius 1 is 1.04 bits per heavy atom. The lowest BCUT2D eigenvalue weighted by molar-refractivity contribution is -0.384. The smallest absolute Gasteiger partial charge is 0.274 e. The van der Waals surface area contributed by atoms with Gasteiger partial charge in [-0.15, -0.1) is 0 Å². The molecule has 2 rings (SSSR count). The van der Waals surface area contributed by atoms with Crippen molar-refractivity contribution in [1.82, 2.24) is 5.48 Å². The highest BCUT2D eigenvalue weighted by atomic mass is 35.5. The Morgan fingerprint density at radius 3 is 2.22 bits per heavy atom. The molecule has 0 atom stereocenters. The van der Waals surface area contributed by atoms with Crippen LogP contribution in [0.5, 0.6) is 0 Å². The van der Waals surface area contributed by atoms with Crippen molar-refractivity contribution >= 4 is 34.8 Å². The number of amides is 2. The van der Waals surface area contributed by atoms with Gasteiger partial charge in [-0.3, -0.25) is 24.9 Å². The first-order valence-electron chi connectivity index (χ1n) is 6.22. The molecule has 2 amide bonds. The molecule has 9 heteroatoms. The number of carbonyl (C=O) groups is 2. The topological polar surface area (TPSA) is 122 Å². The van der Waals surface area contributed by atoms with Crippen molar-refractivity contribution in [1.29, 1.82) is 0 Å². The molecule has 118 valence electrons. The van der Waals surface area contributed by atoms with E-state index in [2.05, 4.69) is 5.32 Å². The van der Waals surface area contributed by atoms with Crippen LogP contribution in [0.25, 0.3) is 0 Å². The molecular weight excluding hydrogens is 326 g/mol. The number of carbonyl (C=O) groups excluding carboxylic acids is 2. The molecule has 23 heavy (non-hydrogen) atoms. The number of hydrogen-bond acceptors (Lipinski definition) is 5. The number of nitrogens with zero attached hydrogens (tertiary/aromatic N) is 1. The van der Waals surface area contributed by atoms with Gasteiger partial charge in [0.2, 0.25) is 0 Å². The van der Waals surface area contributed by atoms with E-state index in [1.165, 1.54) is 47.9 Å². The molecular formula is C14H10ClN3O5. The van der Waals surface area contributed by atoms with E-state index in [9.17, 15) is 19.7 Å². The van der Waals surface area contributed by atoms with Crippen LogP contribution >= 0.6 is 11.6 Å². The summed E-state index contributed by atoms with van der Waals surface area (Å²) in [5.74, 6) is -1.31. The normalized spacial score (nSPS) is 10.0. The first kappa shape index (κ1) is 16.4. The van der Waals surface area contributed by atoms with E-state index in [-0.39, 0.29) is 27.5 Å². The molecule has 0 saturated heterocycles. The number of anilines is 1. The summed E-state index contributed by atoms with van der Waals surface area (Å²) in [6.07, 6.45) is 0. The van der Waals surface area contributed by atoms with Gasteiger partial charge in [-0.25, -0.2) is 5.48 Å². The maximum atomic E-state index is 12.1. The Bertz CT molecular complexity index is 776. The highest BCUT2D eigenvalue weighted by Crippen LogP contribution is 2.24. The summed E-state index contributed by atoms with van der Waals surface area (Å²) in [6.45, 7) is 0. The molecule has 3 N–H and O–H groups in total. The van der Waals surface area contributed by atoms with Crippen LogP contribution in [0, 0.1) is 10.1 Å². The van der Waals surface area contributed by atoms with Crippen LogP contribution in [0.1, 0.15) is 20.7 Å². The second-order valence-electron chi connectivity index (χ2n) is 4.39. The van der Waals surface area contributed by atoms with E-state index >= 15 is 0 Å². The summed E-state index contributed by atoms with van der Waals surface area (Å²) in [5.41, 5.74) is 1.77. The first-order valence-corrected chi connectivity index (χ1v) is 6.60. The molecule has 2 aromatic carbocycles. The number of nitrogens with one attached hydrogen (secondary N) is 2. The monoisotopic (exact) mass is 335 g/mol. The minimum absolute atomic E-state index is 0.0934. The molecule has 0 unspecified atom stereocenters. The van der Waals surface area contributed by atoms with Gasteiger partial charge in [-0.2, -0.15) is 0 Å². The number of nitro benzene ring substituents is 1. The Morgan fingerprint density at radius 2 is 1.65 bits per heavy atom. The van der Waals surface area contributed by atoms with E-state index < -0.39 is 16.7 Å². The third-order valence-electron chi connectivity index (χ3n) is 2.92. The van der Waals surface area contributed by atoms with Crippen molar-refractivity contribution < 1.29 is 19.7 Å². The van der Waals surface area contributed by atoms with Gasteiger partial charge in [-0.05, 0) is 30.3 Å². The zero-order chi connectivity index (χ0) is 17.0. The van der Waals surface area contributed by atoms with Crippen LogP contribution in [-0.2, 0) is 0 Å². The Hall–Kier alpha value is -2.97. The largest absolute Gasteiger partial charge is 0.321 e. The number of non-ortho nitro benzene ring substituents is 1. The molecule has 0 radical (unpaired) electrons. The van der Waals surface area contributed by atoms with Crippen LogP contribution in [0.2, 0.25) is 5.02 Å². The zero-order valence-corrected chi connectivity index (χ0v) is 12.2. The summed E-state index contributed by atoms with van der Waals surface area (Å²) >= 11 is 5.94. The summed E-state index contributed by atoms with van der Waals surface area (Å²) < 4.78 is 0. The van der Waals surface area contributed by atoms with Crippen molar-refractivity contribution in [2.24, 2.45) is 0 Å². The molecule has 0 aliphatic rings. The number of rotatable bonds is 4. The van der Waals surface area contributed by atoms with E-state index in [0.29, 0.717) is 0 Å². The molecule has 0 saturated carbocycles. The number of benzene rings is 2. The Kier molecular flexibility index (Phi) is 4.89. The van der Waals surface area contributed by atoms with Crippen molar-refractivity contribution in [2.45, 2.75) is 0 Å². The van der Waals surface area contributed by atoms with Crippen LogP contribution in [-0.4, -0.2) is 21.9 Å². The quantitative estimate of drug-likeness (QED) is 0.450. The lowest BCUT2D eigenvalue weighted by Gasteiger charge is -2.09. The lowest BCUT2D eigenvalue weighted by atomic mass is 10.1. The van der Waals surface area contributed by atoms with Crippen molar-refractivity contribution in [3.8, 4) is 0 Å². The summed E-state index contributed by atoms with van der Waals surface area (Å²) in [5, 5.41) is 21.9. The Labute approximate surface area is 134 Å². The number of hydrogen-bond donors (Lipinski definition) is 3. The van der Waals surface area contributed by atoms with Crippen LogP contribution < -0.4 is 10.8 Å². The first-order chi connectivity index (χ1) is 10.9. The molecule has 0 heterocycles. The standard InChI is InChI=1S/C14H10ClN3O5/c15-11-6-3-9(14(20)17-21)7-12(11)16-13(19)8-1-4-10(5-2-8)18(22)23/h1-7,21H,(H,16,19)(H,17,20). The minimum atomic E-state index is -0.757. The van der Waals surface area contributed by atoms with Gasteiger partial charge in [0.05, 0.1) is 15.6 Å². The number of nitro groups is 1. The molecule has 8 nitrogen and oxygen atoms in total.